The summed E-state index contributed by atoms with van der Waals surface area (Å²) in [5, 5.41) is 12.5. The molecule has 2 N–H and O–H groups in total. The number of nitrogens with zero attached hydrogens (tertiary/aromatic N) is 1. The SMILES string of the molecule is C[C@H](NC(=O)CN(CCO)[C@H]1CCCc2ccccc21)c1ccco1. The molecular weight excluding hydrogens is 316 g/mol. The summed E-state index contributed by atoms with van der Waals surface area (Å²) in [4.78, 5) is 14.6. The average Bonchev–Trinajstić information content (AvgIpc) is 3.15. The second-order valence-electron chi connectivity index (χ2n) is 6.61. The van der Waals surface area contributed by atoms with Crippen molar-refractivity contribution >= 4 is 5.91 Å². The molecule has 1 aliphatic carbocycles. The van der Waals surface area contributed by atoms with Crippen molar-refractivity contribution in [3.8, 4) is 0 Å². The molecule has 5 heteroatoms. The van der Waals surface area contributed by atoms with Crippen LogP contribution >= 0.6 is 0 Å². The van der Waals surface area contributed by atoms with E-state index in [1.165, 1.54) is 11.1 Å². The molecule has 25 heavy (non-hydrogen) atoms. The zero-order valence-corrected chi connectivity index (χ0v) is 14.6. The largest absolute Gasteiger partial charge is 0.467 e. The van der Waals surface area contributed by atoms with Gasteiger partial charge in [-0.3, -0.25) is 9.69 Å². The van der Waals surface area contributed by atoms with Crippen molar-refractivity contribution in [3.05, 3.63) is 59.5 Å². The molecule has 0 saturated carbocycles. The molecule has 0 aliphatic heterocycles. The molecule has 1 heterocycles. The second kappa shape index (κ2) is 8.32. The molecular formula is C20H26N2O3. The predicted octanol–water partition coefficient (Wildman–Crippen LogP) is 2.83. The summed E-state index contributed by atoms with van der Waals surface area (Å²) in [5.74, 6) is 0.686. The van der Waals surface area contributed by atoms with Gasteiger partial charge in [-0.1, -0.05) is 24.3 Å². The Hall–Kier alpha value is -2.11. The second-order valence-corrected chi connectivity index (χ2v) is 6.61. The van der Waals surface area contributed by atoms with Crippen molar-refractivity contribution in [2.45, 2.75) is 38.3 Å². The highest BCUT2D eigenvalue weighted by atomic mass is 16.3. The zero-order chi connectivity index (χ0) is 17.6. The third kappa shape index (κ3) is 4.30. The fourth-order valence-electron chi connectivity index (χ4n) is 3.66. The Morgan fingerprint density at radius 3 is 2.96 bits per heavy atom. The molecule has 0 spiro atoms. The average molecular weight is 342 g/mol. The van der Waals surface area contributed by atoms with E-state index in [0.717, 1.165) is 25.0 Å². The van der Waals surface area contributed by atoms with E-state index in [-0.39, 0.29) is 31.1 Å². The highest BCUT2D eigenvalue weighted by Gasteiger charge is 2.27. The number of furan rings is 1. The number of nitrogens with one attached hydrogen (secondary N) is 1. The molecule has 0 unspecified atom stereocenters. The molecule has 0 fully saturated rings. The van der Waals surface area contributed by atoms with Crippen LogP contribution in [-0.2, 0) is 11.2 Å². The van der Waals surface area contributed by atoms with Crippen molar-refractivity contribution in [2.24, 2.45) is 0 Å². The molecule has 0 bridgehead atoms. The van der Waals surface area contributed by atoms with Gasteiger partial charge in [-0.05, 0) is 49.4 Å². The van der Waals surface area contributed by atoms with E-state index >= 15 is 0 Å². The number of carbonyl (C=O) groups is 1. The van der Waals surface area contributed by atoms with E-state index in [4.69, 9.17) is 4.42 Å². The van der Waals surface area contributed by atoms with Crippen LogP contribution in [0.1, 0.15) is 48.7 Å². The van der Waals surface area contributed by atoms with Gasteiger partial charge in [-0.2, -0.15) is 0 Å². The summed E-state index contributed by atoms with van der Waals surface area (Å²) in [6.45, 7) is 2.70. The first-order chi connectivity index (χ1) is 12.2. The third-order valence-electron chi connectivity index (χ3n) is 4.86. The lowest BCUT2D eigenvalue weighted by molar-refractivity contribution is -0.123. The number of aryl methyl sites for hydroxylation is 1. The van der Waals surface area contributed by atoms with Gasteiger partial charge in [0.1, 0.15) is 5.76 Å². The van der Waals surface area contributed by atoms with Crippen molar-refractivity contribution in [1.82, 2.24) is 10.2 Å². The zero-order valence-electron chi connectivity index (χ0n) is 14.6. The first-order valence-corrected chi connectivity index (χ1v) is 8.94. The Kier molecular flexibility index (Phi) is 5.89. The Balaban J connectivity index is 1.68. The summed E-state index contributed by atoms with van der Waals surface area (Å²) in [5.41, 5.74) is 2.64. The molecule has 0 saturated heterocycles. The lowest BCUT2D eigenvalue weighted by atomic mass is 9.87. The fourth-order valence-corrected chi connectivity index (χ4v) is 3.66. The van der Waals surface area contributed by atoms with E-state index in [1.807, 2.05) is 25.1 Å². The van der Waals surface area contributed by atoms with Crippen LogP contribution in [-0.4, -0.2) is 35.6 Å². The van der Waals surface area contributed by atoms with Gasteiger partial charge in [0, 0.05) is 12.6 Å². The van der Waals surface area contributed by atoms with Gasteiger partial charge in [0.2, 0.25) is 5.91 Å². The monoisotopic (exact) mass is 342 g/mol. The standard InChI is InChI=1S/C20H26N2O3/c1-15(19-10-5-13-25-19)21-20(24)14-22(11-12-23)18-9-4-7-16-6-2-3-8-17(16)18/h2-3,5-6,8,10,13,15,18,23H,4,7,9,11-12,14H2,1H3,(H,21,24)/t15-,18-/m0/s1. The van der Waals surface area contributed by atoms with Gasteiger partial charge in [0.25, 0.3) is 0 Å². The number of aliphatic hydroxyl groups is 1. The summed E-state index contributed by atoms with van der Waals surface area (Å²) in [6, 6.07) is 12.1. The van der Waals surface area contributed by atoms with E-state index < -0.39 is 0 Å². The first kappa shape index (κ1) is 17.7. The molecule has 1 amide bonds. The van der Waals surface area contributed by atoms with Crippen LogP contribution in [0.2, 0.25) is 0 Å². The highest BCUT2D eigenvalue weighted by molar-refractivity contribution is 5.78. The number of fused-ring (bicyclic) bond motifs is 1. The summed E-state index contributed by atoms with van der Waals surface area (Å²) < 4.78 is 5.34. The first-order valence-electron chi connectivity index (χ1n) is 8.94. The number of aliphatic hydroxyl groups excluding tert-OH is 1. The Morgan fingerprint density at radius 2 is 2.20 bits per heavy atom. The number of carbonyl (C=O) groups excluding carboxylic acids is 1. The number of benzene rings is 1. The lowest BCUT2D eigenvalue weighted by Gasteiger charge is -2.35. The maximum Gasteiger partial charge on any atom is 0.234 e. The van der Waals surface area contributed by atoms with Crippen LogP contribution in [0, 0.1) is 0 Å². The topological polar surface area (TPSA) is 65.7 Å². The molecule has 2 atom stereocenters. The van der Waals surface area contributed by atoms with Crippen molar-refractivity contribution in [2.75, 3.05) is 19.7 Å². The third-order valence-corrected chi connectivity index (χ3v) is 4.86. The summed E-state index contributed by atoms with van der Waals surface area (Å²) in [7, 11) is 0. The van der Waals surface area contributed by atoms with Gasteiger partial charge < -0.3 is 14.8 Å². The molecule has 5 nitrogen and oxygen atoms in total. The maximum atomic E-state index is 12.5. The van der Waals surface area contributed by atoms with Gasteiger partial charge >= 0.3 is 0 Å². The molecule has 3 rings (SSSR count). The van der Waals surface area contributed by atoms with E-state index in [0.29, 0.717) is 6.54 Å². The minimum atomic E-state index is -0.169. The van der Waals surface area contributed by atoms with Crippen LogP contribution < -0.4 is 5.32 Å². The Bertz CT molecular complexity index is 684. The molecule has 1 aromatic heterocycles. The van der Waals surface area contributed by atoms with Crippen LogP contribution in [0.3, 0.4) is 0 Å². The van der Waals surface area contributed by atoms with Crippen molar-refractivity contribution < 1.29 is 14.3 Å². The van der Waals surface area contributed by atoms with Gasteiger partial charge in [-0.25, -0.2) is 0 Å². The lowest BCUT2D eigenvalue weighted by Crippen LogP contribution is -2.42. The minimum Gasteiger partial charge on any atom is -0.467 e. The number of hydrogen-bond acceptors (Lipinski definition) is 4. The van der Waals surface area contributed by atoms with E-state index in [1.54, 1.807) is 6.26 Å². The molecule has 1 aromatic carbocycles. The van der Waals surface area contributed by atoms with Gasteiger partial charge in [0.15, 0.2) is 0 Å². The van der Waals surface area contributed by atoms with Crippen molar-refractivity contribution in [1.29, 1.82) is 0 Å². The molecule has 134 valence electrons. The van der Waals surface area contributed by atoms with Crippen molar-refractivity contribution in [3.63, 3.8) is 0 Å². The maximum absolute atomic E-state index is 12.5. The summed E-state index contributed by atoms with van der Waals surface area (Å²) >= 11 is 0. The fraction of sp³-hybridized carbons (Fsp3) is 0.450. The van der Waals surface area contributed by atoms with E-state index in [9.17, 15) is 9.90 Å². The van der Waals surface area contributed by atoms with Gasteiger partial charge in [0.05, 0.1) is 25.5 Å². The normalized spacial score (nSPS) is 18.0. The summed E-state index contributed by atoms with van der Waals surface area (Å²) in [6.07, 6.45) is 4.81. The smallest absolute Gasteiger partial charge is 0.234 e. The quantitative estimate of drug-likeness (QED) is 0.812. The predicted molar refractivity (Wildman–Crippen MR) is 96.0 cm³/mol. The van der Waals surface area contributed by atoms with Crippen LogP contribution in [0.4, 0.5) is 0 Å². The van der Waals surface area contributed by atoms with Crippen LogP contribution in [0.25, 0.3) is 0 Å². The number of amides is 1. The molecule has 1 aliphatic rings. The number of rotatable bonds is 7. The van der Waals surface area contributed by atoms with Crippen LogP contribution in [0.5, 0.6) is 0 Å². The molecule has 2 aromatic rings. The minimum absolute atomic E-state index is 0.0414. The van der Waals surface area contributed by atoms with Gasteiger partial charge in [-0.15, -0.1) is 0 Å². The van der Waals surface area contributed by atoms with Crippen LogP contribution in [0.15, 0.2) is 47.1 Å². The Morgan fingerprint density at radius 1 is 1.36 bits per heavy atom. The number of hydrogen-bond donors (Lipinski definition) is 2. The molecule has 0 radical (unpaired) electrons. The van der Waals surface area contributed by atoms with E-state index in [2.05, 4.69) is 28.4 Å². The highest BCUT2D eigenvalue weighted by Crippen LogP contribution is 2.33. The Labute approximate surface area is 148 Å².